The number of hydrogen-bond donors (Lipinski definition) is 1. The molecule has 0 radical (unpaired) electrons. The molecule has 3 heterocycles. The van der Waals surface area contributed by atoms with Crippen molar-refractivity contribution in [1.82, 2.24) is 4.90 Å². The molecule has 26 heavy (non-hydrogen) atoms. The summed E-state index contributed by atoms with van der Waals surface area (Å²) in [6, 6.07) is 5.50. The van der Waals surface area contributed by atoms with Crippen molar-refractivity contribution in [3.05, 3.63) is 23.8 Å². The second-order valence-corrected chi connectivity index (χ2v) is 7.70. The molecular weight excluding hydrogens is 332 g/mol. The van der Waals surface area contributed by atoms with Gasteiger partial charge in [-0.05, 0) is 54.9 Å². The van der Waals surface area contributed by atoms with Crippen LogP contribution in [0.2, 0.25) is 0 Å². The molecule has 2 fully saturated rings. The normalized spacial score (nSPS) is 24.7. The molecule has 2 saturated heterocycles. The number of benzene rings is 1. The number of piperidine rings is 1. The molecule has 1 N–H and O–H groups in total. The van der Waals surface area contributed by atoms with Crippen molar-refractivity contribution in [3.63, 3.8) is 0 Å². The van der Waals surface area contributed by atoms with Crippen LogP contribution in [-0.4, -0.2) is 50.1 Å². The van der Waals surface area contributed by atoms with Crippen molar-refractivity contribution in [3.8, 4) is 5.75 Å². The molecule has 3 aliphatic rings. The van der Waals surface area contributed by atoms with E-state index < -0.39 is 5.92 Å². The number of rotatable bonds is 2. The first-order chi connectivity index (χ1) is 12.6. The molecule has 140 valence electrons. The fourth-order valence-electron chi connectivity index (χ4n) is 4.51. The monoisotopic (exact) mass is 358 g/mol. The number of hydrogen-bond acceptors (Lipinski definition) is 4. The van der Waals surface area contributed by atoms with Gasteiger partial charge in [0.05, 0.1) is 13.0 Å². The number of amides is 2. The summed E-state index contributed by atoms with van der Waals surface area (Å²) in [5.41, 5.74) is 1.93. The van der Waals surface area contributed by atoms with Crippen molar-refractivity contribution in [2.24, 2.45) is 5.41 Å². The Kier molecular flexibility index (Phi) is 4.61. The van der Waals surface area contributed by atoms with Crippen LogP contribution >= 0.6 is 0 Å². The smallest absolute Gasteiger partial charge is 0.230 e. The average molecular weight is 358 g/mol. The average Bonchev–Trinajstić information content (AvgIpc) is 2.67. The van der Waals surface area contributed by atoms with Gasteiger partial charge in [-0.1, -0.05) is 0 Å². The second-order valence-electron chi connectivity index (χ2n) is 7.70. The molecule has 1 spiro atoms. The van der Waals surface area contributed by atoms with Crippen LogP contribution in [0.1, 0.15) is 43.6 Å². The van der Waals surface area contributed by atoms with Crippen LogP contribution < -0.4 is 10.1 Å². The van der Waals surface area contributed by atoms with Gasteiger partial charge in [0.15, 0.2) is 0 Å². The van der Waals surface area contributed by atoms with Crippen LogP contribution in [-0.2, 0) is 14.3 Å². The van der Waals surface area contributed by atoms with Gasteiger partial charge < -0.3 is 19.7 Å². The molecule has 2 amide bonds. The summed E-state index contributed by atoms with van der Waals surface area (Å²) in [6.07, 6.45) is 4.47. The molecule has 0 aliphatic carbocycles. The zero-order valence-corrected chi connectivity index (χ0v) is 15.3. The zero-order valence-electron chi connectivity index (χ0n) is 15.3. The first kappa shape index (κ1) is 17.3. The number of nitrogens with one attached hydrogen (secondary N) is 1. The Labute approximate surface area is 153 Å². The molecule has 1 atom stereocenters. The molecule has 1 aromatic rings. The van der Waals surface area contributed by atoms with E-state index in [0.29, 0.717) is 11.2 Å². The summed E-state index contributed by atoms with van der Waals surface area (Å²) in [7, 11) is 1.61. The van der Waals surface area contributed by atoms with E-state index in [1.807, 2.05) is 23.1 Å². The lowest BCUT2D eigenvalue weighted by atomic mass is 9.72. The van der Waals surface area contributed by atoms with Crippen LogP contribution in [0.3, 0.4) is 0 Å². The number of nitrogens with zero attached hydrogens (tertiary/aromatic N) is 1. The van der Waals surface area contributed by atoms with Crippen LogP contribution in [0.15, 0.2) is 18.2 Å². The summed E-state index contributed by atoms with van der Waals surface area (Å²) in [5.74, 6) is 0.255. The summed E-state index contributed by atoms with van der Waals surface area (Å²) in [4.78, 5) is 27.3. The fourth-order valence-corrected chi connectivity index (χ4v) is 4.51. The third-order valence-electron chi connectivity index (χ3n) is 6.29. The maximum absolute atomic E-state index is 13.2. The Morgan fingerprint density at radius 1 is 1.23 bits per heavy atom. The highest BCUT2D eigenvalue weighted by Crippen LogP contribution is 2.42. The topological polar surface area (TPSA) is 67.9 Å². The Hall–Kier alpha value is -2.08. The molecule has 0 saturated carbocycles. The molecule has 1 aromatic carbocycles. The van der Waals surface area contributed by atoms with Gasteiger partial charge in [-0.3, -0.25) is 9.59 Å². The van der Waals surface area contributed by atoms with Gasteiger partial charge in [0, 0.05) is 38.4 Å². The number of likely N-dealkylation sites (tertiary alicyclic amines) is 1. The van der Waals surface area contributed by atoms with E-state index in [0.717, 1.165) is 63.2 Å². The molecule has 0 aromatic heterocycles. The molecular formula is C20H26N2O4. The first-order valence-electron chi connectivity index (χ1n) is 9.45. The molecule has 4 rings (SSSR count). The zero-order chi connectivity index (χ0) is 18.1. The van der Waals surface area contributed by atoms with Gasteiger partial charge in [0.2, 0.25) is 11.8 Å². The Balaban J connectivity index is 1.51. The van der Waals surface area contributed by atoms with E-state index in [2.05, 4.69) is 5.32 Å². The number of carbonyl (C=O) groups excluding carboxylic acids is 2. The van der Waals surface area contributed by atoms with Gasteiger partial charge in [0.1, 0.15) is 5.75 Å². The van der Waals surface area contributed by atoms with Gasteiger partial charge in [0.25, 0.3) is 0 Å². The lowest BCUT2D eigenvalue weighted by Gasteiger charge is -2.45. The van der Waals surface area contributed by atoms with Gasteiger partial charge in [-0.25, -0.2) is 0 Å². The van der Waals surface area contributed by atoms with Gasteiger partial charge in [-0.15, -0.1) is 0 Å². The van der Waals surface area contributed by atoms with E-state index in [1.165, 1.54) is 0 Å². The Morgan fingerprint density at radius 3 is 2.65 bits per heavy atom. The molecule has 0 unspecified atom stereocenters. The van der Waals surface area contributed by atoms with E-state index in [1.54, 1.807) is 7.11 Å². The lowest BCUT2D eigenvalue weighted by molar-refractivity contribution is -0.138. The minimum atomic E-state index is -0.419. The Morgan fingerprint density at radius 2 is 1.96 bits per heavy atom. The number of anilines is 1. The van der Waals surface area contributed by atoms with Crippen molar-refractivity contribution in [2.75, 3.05) is 38.7 Å². The third-order valence-corrected chi connectivity index (χ3v) is 6.29. The van der Waals surface area contributed by atoms with Crippen LogP contribution in [0.5, 0.6) is 5.75 Å². The number of methoxy groups -OCH3 is 1. The van der Waals surface area contributed by atoms with Gasteiger partial charge >= 0.3 is 0 Å². The van der Waals surface area contributed by atoms with Crippen LogP contribution in [0, 0.1) is 5.41 Å². The molecule has 0 bridgehead atoms. The summed E-state index contributed by atoms with van der Waals surface area (Å²) in [6.45, 7) is 3.22. The maximum atomic E-state index is 13.2. The van der Waals surface area contributed by atoms with Crippen molar-refractivity contribution in [1.29, 1.82) is 0 Å². The van der Waals surface area contributed by atoms with E-state index in [9.17, 15) is 9.59 Å². The minimum Gasteiger partial charge on any atom is -0.497 e. The summed E-state index contributed by atoms with van der Waals surface area (Å²) < 4.78 is 10.8. The predicted octanol–water partition coefficient (Wildman–Crippen LogP) is 2.54. The molecule has 6 nitrogen and oxygen atoms in total. The van der Waals surface area contributed by atoms with Crippen molar-refractivity contribution in [2.45, 2.75) is 38.0 Å². The Bertz CT molecular complexity index is 702. The number of carbonyl (C=O) groups is 2. The van der Waals surface area contributed by atoms with E-state index in [4.69, 9.17) is 9.47 Å². The highest BCUT2D eigenvalue weighted by atomic mass is 16.5. The van der Waals surface area contributed by atoms with Crippen molar-refractivity contribution < 1.29 is 19.1 Å². The summed E-state index contributed by atoms with van der Waals surface area (Å²) in [5, 5.41) is 2.87. The minimum absolute atomic E-state index is 0.0660. The number of ether oxygens (including phenoxy) is 2. The quantitative estimate of drug-likeness (QED) is 0.882. The molecule has 6 heteroatoms. The van der Waals surface area contributed by atoms with Crippen molar-refractivity contribution >= 4 is 17.5 Å². The first-order valence-corrected chi connectivity index (χ1v) is 9.45. The lowest BCUT2D eigenvalue weighted by Crippen LogP contribution is -2.47. The fraction of sp³-hybridized carbons (Fsp3) is 0.600. The standard InChI is InChI=1S/C20H26N2O4/c1-25-14-2-3-17-15(12-14)16(13-18(23)21-17)19(24)22-8-4-20(5-9-22)6-10-26-11-7-20/h2-3,12,16H,4-11,13H2,1H3,(H,21,23)/t16-/m0/s1. The summed E-state index contributed by atoms with van der Waals surface area (Å²) >= 11 is 0. The van der Waals surface area contributed by atoms with E-state index in [-0.39, 0.29) is 18.2 Å². The molecule has 3 aliphatic heterocycles. The number of fused-ring (bicyclic) bond motifs is 1. The van der Waals surface area contributed by atoms with Crippen LogP contribution in [0.25, 0.3) is 0 Å². The largest absolute Gasteiger partial charge is 0.497 e. The predicted molar refractivity (Wildman–Crippen MR) is 97.3 cm³/mol. The van der Waals surface area contributed by atoms with Crippen LogP contribution in [0.4, 0.5) is 5.69 Å². The SMILES string of the molecule is COc1ccc2c(c1)[C@@H](C(=O)N1CCC3(CCOCC3)CC1)CC(=O)N2. The maximum Gasteiger partial charge on any atom is 0.230 e. The van der Waals surface area contributed by atoms with Gasteiger partial charge in [-0.2, -0.15) is 0 Å². The second kappa shape index (κ2) is 6.91. The van der Waals surface area contributed by atoms with E-state index >= 15 is 0 Å². The third kappa shape index (κ3) is 3.18. The highest BCUT2D eigenvalue weighted by molar-refractivity contribution is 6.01. The highest BCUT2D eigenvalue weighted by Gasteiger charge is 2.40.